The Hall–Kier alpha value is -2.84. The molecule has 0 spiro atoms. The van der Waals surface area contributed by atoms with Gasteiger partial charge in [0.25, 0.3) is 0 Å². The molecule has 0 saturated heterocycles. The number of aromatic nitrogens is 1. The van der Waals surface area contributed by atoms with Gasteiger partial charge in [-0.15, -0.1) is 0 Å². The maximum Gasteiger partial charge on any atom is 0.232 e. The molecule has 7 nitrogen and oxygen atoms in total. The SMILES string of the molecule is CCOc1ccc(CCNC(=O)C[S@@](=O)Cc2nc(-c3ccc(Cl)cc3)oc2C)cc1OCC. The van der Waals surface area contributed by atoms with E-state index in [4.69, 9.17) is 25.5 Å². The van der Waals surface area contributed by atoms with E-state index in [0.29, 0.717) is 60.0 Å². The highest BCUT2D eigenvalue weighted by molar-refractivity contribution is 7.84. The van der Waals surface area contributed by atoms with E-state index in [-0.39, 0.29) is 17.4 Å². The zero-order valence-electron chi connectivity index (χ0n) is 19.6. The lowest BCUT2D eigenvalue weighted by Gasteiger charge is -2.12. The Morgan fingerprint density at radius 3 is 2.50 bits per heavy atom. The molecule has 0 saturated carbocycles. The Kier molecular flexibility index (Phi) is 9.53. The molecule has 0 fully saturated rings. The first-order valence-electron chi connectivity index (χ1n) is 11.1. The number of nitrogens with one attached hydrogen (secondary N) is 1. The van der Waals surface area contributed by atoms with Gasteiger partial charge in [0.1, 0.15) is 11.5 Å². The minimum atomic E-state index is -1.41. The van der Waals surface area contributed by atoms with E-state index < -0.39 is 10.8 Å². The van der Waals surface area contributed by atoms with Crippen molar-refractivity contribution in [1.82, 2.24) is 10.3 Å². The average molecular weight is 505 g/mol. The van der Waals surface area contributed by atoms with Gasteiger partial charge in [0, 0.05) is 27.9 Å². The van der Waals surface area contributed by atoms with Gasteiger partial charge in [0.2, 0.25) is 11.8 Å². The third-order valence-corrected chi connectivity index (χ3v) is 6.35. The first kappa shape index (κ1) is 25.8. The minimum Gasteiger partial charge on any atom is -0.490 e. The molecular weight excluding hydrogens is 476 g/mol. The number of hydrogen-bond acceptors (Lipinski definition) is 6. The number of ether oxygens (including phenoxy) is 2. The van der Waals surface area contributed by atoms with Crippen LogP contribution in [0.25, 0.3) is 11.5 Å². The van der Waals surface area contributed by atoms with Crippen LogP contribution in [0.15, 0.2) is 46.9 Å². The lowest BCUT2D eigenvalue weighted by molar-refractivity contribution is -0.118. The first-order chi connectivity index (χ1) is 16.4. The van der Waals surface area contributed by atoms with Crippen molar-refractivity contribution < 1.29 is 22.9 Å². The average Bonchev–Trinajstić information content (AvgIpc) is 3.16. The van der Waals surface area contributed by atoms with Gasteiger partial charge < -0.3 is 19.2 Å². The van der Waals surface area contributed by atoms with Gasteiger partial charge in [0.05, 0.1) is 24.7 Å². The molecule has 0 aliphatic carbocycles. The molecule has 0 unspecified atom stereocenters. The summed E-state index contributed by atoms with van der Waals surface area (Å²) >= 11 is 5.92. The van der Waals surface area contributed by atoms with Crippen molar-refractivity contribution >= 4 is 28.3 Å². The van der Waals surface area contributed by atoms with Crippen LogP contribution < -0.4 is 14.8 Å². The normalized spacial score (nSPS) is 11.8. The highest BCUT2D eigenvalue weighted by Crippen LogP contribution is 2.28. The van der Waals surface area contributed by atoms with Crippen LogP contribution in [-0.4, -0.2) is 40.6 Å². The summed E-state index contributed by atoms with van der Waals surface area (Å²) in [5.41, 5.74) is 2.37. The largest absolute Gasteiger partial charge is 0.490 e. The summed E-state index contributed by atoms with van der Waals surface area (Å²) in [5.74, 6) is 2.19. The summed E-state index contributed by atoms with van der Waals surface area (Å²) in [6.45, 7) is 7.14. The Morgan fingerprint density at radius 2 is 1.79 bits per heavy atom. The molecule has 1 aromatic heterocycles. The lowest BCUT2D eigenvalue weighted by Crippen LogP contribution is -2.30. The molecule has 0 aliphatic heterocycles. The van der Waals surface area contributed by atoms with Crippen molar-refractivity contribution in [3.8, 4) is 23.0 Å². The van der Waals surface area contributed by atoms with E-state index in [1.165, 1.54) is 0 Å². The molecule has 0 radical (unpaired) electrons. The maximum absolute atomic E-state index is 12.5. The number of benzene rings is 2. The summed E-state index contributed by atoms with van der Waals surface area (Å²) in [7, 11) is -1.41. The van der Waals surface area contributed by atoms with E-state index in [2.05, 4.69) is 10.3 Å². The number of hydrogen-bond donors (Lipinski definition) is 1. The molecule has 1 amide bonds. The van der Waals surface area contributed by atoms with Crippen LogP contribution in [0.4, 0.5) is 0 Å². The van der Waals surface area contributed by atoms with Gasteiger partial charge in [-0.05, 0) is 69.2 Å². The van der Waals surface area contributed by atoms with E-state index in [1.54, 1.807) is 19.1 Å². The van der Waals surface area contributed by atoms with Crippen molar-refractivity contribution in [3.63, 3.8) is 0 Å². The van der Waals surface area contributed by atoms with Crippen LogP contribution >= 0.6 is 11.6 Å². The number of amides is 1. The van der Waals surface area contributed by atoms with Crippen molar-refractivity contribution in [2.45, 2.75) is 32.9 Å². The quantitative estimate of drug-likeness (QED) is 0.384. The Bertz CT molecular complexity index is 1130. The molecule has 1 heterocycles. The minimum absolute atomic E-state index is 0.101. The third kappa shape index (κ3) is 7.33. The predicted molar refractivity (Wildman–Crippen MR) is 134 cm³/mol. The summed E-state index contributed by atoms with van der Waals surface area (Å²) in [4.78, 5) is 16.7. The lowest BCUT2D eigenvalue weighted by atomic mass is 10.1. The summed E-state index contributed by atoms with van der Waals surface area (Å²) < 4.78 is 29.5. The molecule has 0 bridgehead atoms. The zero-order chi connectivity index (χ0) is 24.5. The Morgan fingerprint density at radius 1 is 1.09 bits per heavy atom. The zero-order valence-corrected chi connectivity index (χ0v) is 21.1. The number of oxazole rings is 1. The van der Waals surface area contributed by atoms with Crippen molar-refractivity contribution in [1.29, 1.82) is 0 Å². The molecule has 9 heteroatoms. The van der Waals surface area contributed by atoms with Crippen LogP contribution in [-0.2, 0) is 27.8 Å². The highest BCUT2D eigenvalue weighted by Gasteiger charge is 2.16. The molecule has 3 aromatic rings. The van der Waals surface area contributed by atoms with E-state index in [1.807, 2.05) is 44.2 Å². The summed E-state index contributed by atoms with van der Waals surface area (Å²) in [6.07, 6.45) is 0.623. The van der Waals surface area contributed by atoms with Crippen LogP contribution in [0.1, 0.15) is 30.9 Å². The number of carbonyl (C=O) groups is 1. The van der Waals surface area contributed by atoms with Crippen LogP contribution in [0.2, 0.25) is 5.02 Å². The number of rotatable bonds is 12. The number of nitrogens with zero attached hydrogens (tertiary/aromatic N) is 1. The summed E-state index contributed by atoms with van der Waals surface area (Å²) in [6, 6.07) is 12.9. The maximum atomic E-state index is 12.5. The molecule has 0 aliphatic rings. The number of carbonyl (C=O) groups excluding carboxylic acids is 1. The van der Waals surface area contributed by atoms with Crippen molar-refractivity contribution in [2.24, 2.45) is 0 Å². The predicted octanol–water partition coefficient (Wildman–Crippen LogP) is 4.71. The van der Waals surface area contributed by atoms with Gasteiger partial charge in [-0.25, -0.2) is 4.98 Å². The Labute approximate surface area is 207 Å². The van der Waals surface area contributed by atoms with Gasteiger partial charge >= 0.3 is 0 Å². The number of halogens is 1. The fraction of sp³-hybridized carbons (Fsp3) is 0.360. The molecule has 3 rings (SSSR count). The fourth-order valence-corrected chi connectivity index (χ4v) is 4.47. The molecule has 1 N–H and O–H groups in total. The molecule has 182 valence electrons. The smallest absolute Gasteiger partial charge is 0.232 e. The third-order valence-electron chi connectivity index (χ3n) is 4.92. The monoisotopic (exact) mass is 504 g/mol. The van der Waals surface area contributed by atoms with E-state index in [9.17, 15) is 9.00 Å². The number of aryl methyl sites for hydroxylation is 1. The van der Waals surface area contributed by atoms with Crippen molar-refractivity contribution in [3.05, 3.63) is 64.5 Å². The summed E-state index contributed by atoms with van der Waals surface area (Å²) in [5, 5.41) is 3.45. The van der Waals surface area contributed by atoms with Gasteiger partial charge in [-0.1, -0.05) is 17.7 Å². The molecule has 1 atom stereocenters. The second-order valence-electron chi connectivity index (χ2n) is 7.50. The van der Waals surface area contributed by atoms with Gasteiger partial charge in [-0.3, -0.25) is 9.00 Å². The molecule has 2 aromatic carbocycles. The highest BCUT2D eigenvalue weighted by atomic mass is 35.5. The van der Waals surface area contributed by atoms with Crippen LogP contribution in [0.5, 0.6) is 11.5 Å². The van der Waals surface area contributed by atoms with Gasteiger partial charge in [-0.2, -0.15) is 0 Å². The first-order valence-corrected chi connectivity index (χ1v) is 13.0. The molecular formula is C25H29ClN2O5S. The standard InChI is InChI=1S/C25H29ClN2O5S/c1-4-31-22-11-6-18(14-23(22)32-5-2)12-13-27-24(29)16-34(30)15-21-17(3)33-25(28-21)19-7-9-20(26)10-8-19/h6-11,14H,4-5,12-13,15-16H2,1-3H3,(H,27,29)/t34-/m0/s1. The van der Waals surface area contributed by atoms with Crippen molar-refractivity contribution in [2.75, 3.05) is 25.5 Å². The second kappa shape index (κ2) is 12.6. The second-order valence-corrected chi connectivity index (χ2v) is 9.40. The van der Waals surface area contributed by atoms with Crippen LogP contribution in [0.3, 0.4) is 0 Å². The van der Waals surface area contributed by atoms with E-state index in [0.717, 1.165) is 11.1 Å². The van der Waals surface area contributed by atoms with Gasteiger partial charge in [0.15, 0.2) is 11.5 Å². The van der Waals surface area contributed by atoms with E-state index >= 15 is 0 Å². The topological polar surface area (TPSA) is 90.7 Å². The Balaban J connectivity index is 1.49. The fourth-order valence-electron chi connectivity index (χ4n) is 3.28. The van der Waals surface area contributed by atoms with Crippen LogP contribution in [0, 0.1) is 6.92 Å². The molecule has 34 heavy (non-hydrogen) atoms.